The molecule has 0 radical (unpaired) electrons. The van der Waals surface area contributed by atoms with Crippen molar-refractivity contribution in [3.8, 4) is 0 Å². The van der Waals surface area contributed by atoms with Crippen LogP contribution < -0.4 is 0 Å². The van der Waals surface area contributed by atoms with Crippen molar-refractivity contribution in [2.24, 2.45) is 0 Å². The van der Waals surface area contributed by atoms with Crippen LogP contribution in [0.1, 0.15) is 54.9 Å². The summed E-state index contributed by atoms with van der Waals surface area (Å²) in [5.41, 5.74) is 1.86. The largest absolute Gasteiger partial charge is 0.465 e. The summed E-state index contributed by atoms with van der Waals surface area (Å²) < 4.78 is 6.57. The summed E-state index contributed by atoms with van der Waals surface area (Å²) in [6, 6.07) is 6.66. The average Bonchev–Trinajstić information content (AvgIpc) is 2.94. The number of ketones is 2. The molecular formula is C19H17NO4. The fraction of sp³-hybridized carbons (Fsp3) is 0.211. The summed E-state index contributed by atoms with van der Waals surface area (Å²) >= 11 is 0. The number of esters is 1. The third-order valence-electron chi connectivity index (χ3n) is 4.27. The van der Waals surface area contributed by atoms with Crippen molar-refractivity contribution in [3.05, 3.63) is 70.6 Å². The Morgan fingerprint density at radius 1 is 1.21 bits per heavy atom. The quantitative estimate of drug-likeness (QED) is 0.547. The normalized spacial score (nSPS) is 12.6. The molecule has 0 unspecified atom stereocenters. The lowest BCUT2D eigenvalue weighted by Crippen LogP contribution is -2.24. The summed E-state index contributed by atoms with van der Waals surface area (Å²) in [6.07, 6.45) is 2.13. The molecule has 0 aliphatic heterocycles. The average molecular weight is 323 g/mol. The molecule has 5 heteroatoms. The van der Waals surface area contributed by atoms with Crippen molar-refractivity contribution in [1.82, 2.24) is 4.57 Å². The molecule has 0 saturated heterocycles. The number of carbonyl (C=O) groups is 3. The second-order valence-electron chi connectivity index (χ2n) is 5.49. The van der Waals surface area contributed by atoms with Gasteiger partial charge in [-0.1, -0.05) is 37.3 Å². The van der Waals surface area contributed by atoms with Gasteiger partial charge in [0.05, 0.1) is 18.2 Å². The molecule has 0 N–H and O–H groups in total. The zero-order chi connectivity index (χ0) is 17.4. The zero-order valence-corrected chi connectivity index (χ0v) is 13.6. The van der Waals surface area contributed by atoms with Crippen LogP contribution in [0.25, 0.3) is 0 Å². The van der Waals surface area contributed by atoms with Crippen LogP contribution in [0.15, 0.2) is 36.9 Å². The van der Waals surface area contributed by atoms with E-state index in [0.29, 0.717) is 29.8 Å². The van der Waals surface area contributed by atoms with Crippen molar-refractivity contribution >= 4 is 17.5 Å². The third kappa shape index (κ3) is 2.05. The highest BCUT2D eigenvalue weighted by molar-refractivity contribution is 6.30. The first kappa shape index (κ1) is 15.9. The molecule has 1 aromatic carbocycles. The molecule has 122 valence electrons. The van der Waals surface area contributed by atoms with Crippen molar-refractivity contribution in [2.75, 3.05) is 7.11 Å². The van der Waals surface area contributed by atoms with Gasteiger partial charge in [0.25, 0.3) is 0 Å². The minimum absolute atomic E-state index is 0.143. The summed E-state index contributed by atoms with van der Waals surface area (Å²) in [4.78, 5) is 38.3. The number of nitrogens with zero attached hydrogens (tertiary/aromatic N) is 1. The monoisotopic (exact) mass is 323 g/mol. The molecule has 1 heterocycles. The van der Waals surface area contributed by atoms with Gasteiger partial charge >= 0.3 is 5.97 Å². The van der Waals surface area contributed by atoms with E-state index in [4.69, 9.17) is 4.74 Å². The van der Waals surface area contributed by atoms with Crippen molar-refractivity contribution in [2.45, 2.75) is 19.9 Å². The van der Waals surface area contributed by atoms with Crippen LogP contribution in [0.5, 0.6) is 0 Å². The van der Waals surface area contributed by atoms with Crippen LogP contribution in [0.3, 0.4) is 0 Å². The van der Waals surface area contributed by atoms with E-state index in [1.807, 2.05) is 6.92 Å². The SMILES string of the molecule is C=CCn1c(CC)c(C(=O)OC)c2c1C(=O)c1ccccc1C2=O. The first-order chi connectivity index (χ1) is 11.6. The molecule has 0 atom stereocenters. The highest BCUT2D eigenvalue weighted by Crippen LogP contribution is 2.34. The summed E-state index contributed by atoms with van der Waals surface area (Å²) in [5, 5.41) is 0. The molecule has 3 rings (SSSR count). The van der Waals surface area contributed by atoms with E-state index in [1.165, 1.54) is 7.11 Å². The van der Waals surface area contributed by atoms with Crippen LogP contribution in [0.4, 0.5) is 0 Å². The van der Waals surface area contributed by atoms with E-state index in [0.717, 1.165) is 0 Å². The second-order valence-corrected chi connectivity index (χ2v) is 5.49. The number of methoxy groups -OCH3 is 1. The van der Waals surface area contributed by atoms with E-state index < -0.39 is 5.97 Å². The Morgan fingerprint density at radius 2 is 1.83 bits per heavy atom. The molecule has 5 nitrogen and oxygen atoms in total. The zero-order valence-electron chi connectivity index (χ0n) is 13.6. The predicted octanol–water partition coefficient (Wildman–Crippen LogP) is 2.80. The second kappa shape index (κ2) is 5.92. The lowest BCUT2D eigenvalue weighted by atomic mass is 9.86. The Balaban J connectivity index is 2.41. The number of aromatic nitrogens is 1. The summed E-state index contributed by atoms with van der Waals surface area (Å²) in [7, 11) is 1.27. The molecule has 1 aromatic heterocycles. The number of ether oxygens (including phenoxy) is 1. The number of benzene rings is 1. The number of carbonyl (C=O) groups excluding carboxylic acids is 3. The van der Waals surface area contributed by atoms with E-state index in [9.17, 15) is 14.4 Å². The van der Waals surface area contributed by atoms with Gasteiger partial charge in [0.15, 0.2) is 5.78 Å². The van der Waals surface area contributed by atoms with Gasteiger partial charge in [-0.15, -0.1) is 6.58 Å². The number of hydrogen-bond donors (Lipinski definition) is 0. The minimum Gasteiger partial charge on any atom is -0.465 e. The summed E-state index contributed by atoms with van der Waals surface area (Å²) in [6.45, 7) is 5.92. The highest BCUT2D eigenvalue weighted by Gasteiger charge is 2.39. The Kier molecular flexibility index (Phi) is 3.93. The van der Waals surface area contributed by atoms with Crippen molar-refractivity contribution in [3.63, 3.8) is 0 Å². The van der Waals surface area contributed by atoms with Crippen LogP contribution in [-0.4, -0.2) is 29.2 Å². The van der Waals surface area contributed by atoms with Crippen LogP contribution in [-0.2, 0) is 17.7 Å². The lowest BCUT2D eigenvalue weighted by Gasteiger charge is -2.17. The van der Waals surface area contributed by atoms with E-state index in [1.54, 1.807) is 34.9 Å². The van der Waals surface area contributed by atoms with Gasteiger partial charge in [-0.05, 0) is 6.42 Å². The molecule has 1 aliphatic rings. The van der Waals surface area contributed by atoms with Crippen LogP contribution in [0, 0.1) is 0 Å². The molecule has 1 aliphatic carbocycles. The number of fused-ring (bicyclic) bond motifs is 2. The first-order valence-electron chi connectivity index (χ1n) is 7.69. The van der Waals surface area contributed by atoms with E-state index >= 15 is 0 Å². The Labute approximate surface area is 139 Å². The molecular weight excluding hydrogens is 306 g/mol. The Bertz CT molecular complexity index is 889. The molecule has 24 heavy (non-hydrogen) atoms. The predicted molar refractivity (Wildman–Crippen MR) is 88.7 cm³/mol. The molecule has 0 fully saturated rings. The highest BCUT2D eigenvalue weighted by atomic mass is 16.5. The first-order valence-corrected chi connectivity index (χ1v) is 7.69. The number of hydrogen-bond acceptors (Lipinski definition) is 4. The fourth-order valence-corrected chi connectivity index (χ4v) is 3.29. The van der Waals surface area contributed by atoms with Gasteiger partial charge in [-0.2, -0.15) is 0 Å². The summed E-state index contributed by atoms with van der Waals surface area (Å²) in [5.74, 6) is -1.18. The van der Waals surface area contributed by atoms with Crippen LogP contribution in [0.2, 0.25) is 0 Å². The van der Waals surface area contributed by atoms with Crippen LogP contribution >= 0.6 is 0 Å². The van der Waals surface area contributed by atoms with Gasteiger partial charge in [-0.3, -0.25) is 9.59 Å². The maximum Gasteiger partial charge on any atom is 0.340 e. The van der Waals surface area contributed by atoms with E-state index in [2.05, 4.69) is 6.58 Å². The third-order valence-corrected chi connectivity index (χ3v) is 4.27. The Morgan fingerprint density at radius 3 is 2.38 bits per heavy atom. The molecule has 0 saturated carbocycles. The van der Waals surface area contributed by atoms with Gasteiger partial charge in [0, 0.05) is 23.4 Å². The maximum atomic E-state index is 13.0. The fourth-order valence-electron chi connectivity index (χ4n) is 3.29. The smallest absolute Gasteiger partial charge is 0.340 e. The maximum absolute atomic E-state index is 13.0. The number of rotatable bonds is 4. The van der Waals surface area contributed by atoms with Gasteiger partial charge < -0.3 is 9.30 Å². The number of allylic oxidation sites excluding steroid dienone is 1. The lowest BCUT2D eigenvalue weighted by molar-refractivity contribution is 0.0596. The van der Waals surface area contributed by atoms with Gasteiger partial charge in [0.2, 0.25) is 5.78 Å². The topological polar surface area (TPSA) is 65.4 Å². The molecule has 0 bridgehead atoms. The van der Waals surface area contributed by atoms with E-state index in [-0.39, 0.29) is 28.4 Å². The molecule has 0 spiro atoms. The van der Waals surface area contributed by atoms with Gasteiger partial charge in [-0.25, -0.2) is 4.79 Å². The minimum atomic E-state index is -0.605. The van der Waals surface area contributed by atoms with Crippen molar-refractivity contribution in [1.29, 1.82) is 0 Å². The molecule has 0 amide bonds. The molecule has 2 aromatic rings. The Hall–Kier alpha value is -2.95. The van der Waals surface area contributed by atoms with Gasteiger partial charge in [0.1, 0.15) is 5.69 Å². The van der Waals surface area contributed by atoms with Crippen molar-refractivity contribution < 1.29 is 19.1 Å². The standard InChI is InChI=1S/C19H17NO4/c1-4-10-20-13(5-2)14(19(23)24-3)15-16(20)18(22)12-9-7-6-8-11(12)17(15)21/h4,6-9H,1,5,10H2,2-3H3.